The van der Waals surface area contributed by atoms with E-state index in [1.165, 1.54) is 60.3 Å². The van der Waals surface area contributed by atoms with Gasteiger partial charge in [0.1, 0.15) is 10.7 Å². The predicted octanol–water partition coefficient (Wildman–Crippen LogP) is 7.58. The molecule has 10 heteroatoms. The number of nitrogens with zero attached hydrogens (tertiary/aromatic N) is 6. The van der Waals surface area contributed by atoms with Gasteiger partial charge in [-0.25, -0.2) is 9.97 Å². The minimum atomic E-state index is -0.144. The molecule has 7 rings (SSSR count). The van der Waals surface area contributed by atoms with Crippen LogP contribution >= 0.6 is 22.7 Å². The Hall–Kier alpha value is -4.28. The van der Waals surface area contributed by atoms with Crippen LogP contribution in [-0.4, -0.2) is 29.5 Å². The number of nitrogens with one attached hydrogen (secondary N) is 1. The summed E-state index contributed by atoms with van der Waals surface area (Å²) in [4.78, 5) is 37.9. The number of hydrogen-bond donors (Lipinski definition) is 1. The van der Waals surface area contributed by atoms with E-state index < -0.39 is 0 Å². The first-order valence-corrected chi connectivity index (χ1v) is 15.9. The van der Waals surface area contributed by atoms with Crippen molar-refractivity contribution in [1.82, 2.24) is 29.5 Å². The van der Waals surface area contributed by atoms with Crippen LogP contribution in [0.1, 0.15) is 54.3 Å². The molecule has 8 nitrogen and oxygen atoms in total. The Morgan fingerprint density at radius 2 is 1.81 bits per heavy atom. The van der Waals surface area contributed by atoms with Crippen molar-refractivity contribution in [2.75, 3.05) is 5.32 Å². The topological polar surface area (TPSA) is 98.5 Å². The van der Waals surface area contributed by atoms with E-state index in [1.54, 1.807) is 28.7 Å². The van der Waals surface area contributed by atoms with Crippen molar-refractivity contribution in [2.24, 2.45) is 0 Å². The summed E-state index contributed by atoms with van der Waals surface area (Å²) in [5.74, 6) is 1.10. The van der Waals surface area contributed by atoms with Gasteiger partial charge in [-0.2, -0.15) is 4.98 Å². The monoisotopic (exact) mass is 591 g/mol. The van der Waals surface area contributed by atoms with E-state index in [2.05, 4.69) is 44.5 Å². The number of fused-ring (bicyclic) bond motifs is 1. The second-order valence-electron chi connectivity index (χ2n) is 10.6. The van der Waals surface area contributed by atoms with Gasteiger partial charge < -0.3 is 5.32 Å². The van der Waals surface area contributed by atoms with E-state index in [9.17, 15) is 4.79 Å². The van der Waals surface area contributed by atoms with Crippen LogP contribution < -0.4 is 10.9 Å². The molecule has 0 radical (unpaired) electrons. The van der Waals surface area contributed by atoms with Crippen LogP contribution in [0.2, 0.25) is 0 Å². The smallest absolute Gasteiger partial charge is 0.260 e. The van der Waals surface area contributed by atoms with Crippen LogP contribution in [0.5, 0.6) is 0 Å². The maximum absolute atomic E-state index is 14.1. The lowest BCUT2D eigenvalue weighted by Gasteiger charge is -2.22. The highest BCUT2D eigenvalue weighted by Gasteiger charge is 2.18. The van der Waals surface area contributed by atoms with Crippen molar-refractivity contribution in [2.45, 2.75) is 51.5 Å². The zero-order chi connectivity index (χ0) is 28.5. The fraction of sp³-hybridized carbons (Fsp3) is 0.250. The average Bonchev–Trinajstić information content (AvgIpc) is 3.75. The zero-order valence-corrected chi connectivity index (χ0v) is 24.8. The third kappa shape index (κ3) is 5.35. The Bertz CT molecular complexity index is 1890. The summed E-state index contributed by atoms with van der Waals surface area (Å²) in [6.45, 7) is 2.25. The van der Waals surface area contributed by atoms with Gasteiger partial charge in [-0.15, -0.1) is 22.7 Å². The van der Waals surface area contributed by atoms with Crippen molar-refractivity contribution in [1.29, 1.82) is 0 Å². The van der Waals surface area contributed by atoms with Crippen LogP contribution in [0.3, 0.4) is 0 Å². The highest BCUT2D eigenvalue weighted by Crippen LogP contribution is 2.33. The number of anilines is 2. The van der Waals surface area contributed by atoms with Gasteiger partial charge >= 0.3 is 0 Å². The molecule has 1 saturated carbocycles. The molecule has 0 spiro atoms. The number of thiazole rings is 2. The lowest BCUT2D eigenvalue weighted by atomic mass is 9.84. The second kappa shape index (κ2) is 11.5. The van der Waals surface area contributed by atoms with Crippen molar-refractivity contribution in [3.63, 3.8) is 0 Å². The molecule has 0 unspecified atom stereocenters. The van der Waals surface area contributed by atoms with Gasteiger partial charge in [0, 0.05) is 51.9 Å². The van der Waals surface area contributed by atoms with Crippen LogP contribution in [0.4, 0.5) is 11.6 Å². The average molecular weight is 592 g/mol. The Kier molecular flexibility index (Phi) is 7.31. The number of aromatic nitrogens is 6. The molecule has 1 aliphatic carbocycles. The lowest BCUT2D eigenvalue weighted by Crippen LogP contribution is -2.24. The number of hydrogen-bond acceptors (Lipinski definition) is 9. The summed E-state index contributed by atoms with van der Waals surface area (Å²) >= 11 is 3.05. The predicted molar refractivity (Wildman–Crippen MR) is 170 cm³/mol. The highest BCUT2D eigenvalue weighted by molar-refractivity contribution is 7.13. The number of pyridine rings is 2. The van der Waals surface area contributed by atoms with Gasteiger partial charge in [0.15, 0.2) is 0 Å². The largest absolute Gasteiger partial charge is 0.324 e. The molecular formula is C32H29N7OS2. The normalized spacial score (nSPS) is 13.9. The maximum Gasteiger partial charge on any atom is 0.260 e. The third-order valence-electron chi connectivity index (χ3n) is 7.91. The van der Waals surface area contributed by atoms with Gasteiger partial charge in [0.05, 0.1) is 22.6 Å². The summed E-state index contributed by atoms with van der Waals surface area (Å²) < 4.78 is 1.69. The zero-order valence-electron chi connectivity index (χ0n) is 23.2. The fourth-order valence-corrected chi connectivity index (χ4v) is 6.95. The molecule has 0 atom stereocenters. The molecule has 5 aromatic heterocycles. The Morgan fingerprint density at radius 3 is 2.55 bits per heavy atom. The molecule has 0 aliphatic heterocycles. The SMILES string of the molecule is Cc1nc(-c2cncs2)ccc1-c1cc2cnc(Nc3ccc(C4CCCCC4)cc3)nc2n(Cc2nccs2)c1=O. The van der Waals surface area contributed by atoms with E-state index in [0.29, 0.717) is 29.6 Å². The van der Waals surface area contributed by atoms with E-state index in [0.717, 1.165) is 37.9 Å². The van der Waals surface area contributed by atoms with Crippen molar-refractivity contribution in [3.8, 4) is 21.7 Å². The maximum atomic E-state index is 14.1. The van der Waals surface area contributed by atoms with Crippen LogP contribution in [-0.2, 0) is 6.54 Å². The number of aryl methyl sites for hydroxylation is 1. The van der Waals surface area contributed by atoms with Gasteiger partial charge in [-0.3, -0.25) is 19.3 Å². The van der Waals surface area contributed by atoms with Crippen LogP contribution in [0.25, 0.3) is 32.7 Å². The van der Waals surface area contributed by atoms with Crippen LogP contribution in [0.15, 0.2) is 76.7 Å². The van der Waals surface area contributed by atoms with Gasteiger partial charge in [-0.05, 0) is 55.5 Å². The molecule has 6 aromatic rings. The van der Waals surface area contributed by atoms with E-state index in [-0.39, 0.29) is 5.56 Å². The minimum absolute atomic E-state index is 0.144. The molecule has 1 aliphatic rings. The Balaban J connectivity index is 1.25. The summed E-state index contributed by atoms with van der Waals surface area (Å²) in [5.41, 5.74) is 7.47. The highest BCUT2D eigenvalue weighted by atomic mass is 32.1. The number of rotatable bonds is 7. The molecule has 1 fully saturated rings. The van der Waals surface area contributed by atoms with Gasteiger partial charge in [-0.1, -0.05) is 37.5 Å². The number of benzene rings is 1. The van der Waals surface area contributed by atoms with Gasteiger partial charge in [0.2, 0.25) is 5.95 Å². The summed E-state index contributed by atoms with van der Waals surface area (Å²) in [7, 11) is 0. The molecular weight excluding hydrogens is 563 g/mol. The summed E-state index contributed by atoms with van der Waals surface area (Å²) in [5, 5.41) is 6.86. The molecule has 210 valence electrons. The first kappa shape index (κ1) is 26.6. The molecule has 0 amide bonds. The molecule has 1 N–H and O–H groups in total. The minimum Gasteiger partial charge on any atom is -0.324 e. The molecule has 42 heavy (non-hydrogen) atoms. The van der Waals surface area contributed by atoms with Crippen LogP contribution in [0, 0.1) is 6.92 Å². The lowest BCUT2D eigenvalue weighted by molar-refractivity contribution is 0.443. The molecule has 0 saturated heterocycles. The summed E-state index contributed by atoms with van der Waals surface area (Å²) in [6.07, 6.45) is 11.8. The van der Waals surface area contributed by atoms with Gasteiger partial charge in [0.25, 0.3) is 5.56 Å². The standard InChI is InChI=1S/C32H29N7OS2/c1-20-25(11-12-27(36-20)28-17-33-19-42-28)26-15-23-16-35-32(38-30(23)39(31(26)40)18-29-34-13-14-41-29)37-24-9-7-22(8-10-24)21-5-3-2-4-6-21/h7-17,19,21H,2-6,18H2,1H3,(H,35,37,38). The quantitative estimate of drug-likeness (QED) is 0.204. The fourth-order valence-electron chi connectivity index (χ4n) is 5.75. The molecule has 5 heterocycles. The van der Waals surface area contributed by atoms with Crippen molar-refractivity contribution >= 4 is 45.3 Å². The van der Waals surface area contributed by atoms with E-state index >= 15 is 0 Å². The van der Waals surface area contributed by atoms with E-state index in [1.807, 2.05) is 30.5 Å². The second-order valence-corrected chi connectivity index (χ2v) is 12.5. The first-order chi connectivity index (χ1) is 20.6. The summed E-state index contributed by atoms with van der Waals surface area (Å²) in [6, 6.07) is 14.4. The van der Waals surface area contributed by atoms with Crippen molar-refractivity contribution in [3.05, 3.63) is 98.6 Å². The first-order valence-electron chi connectivity index (χ1n) is 14.2. The Labute approximate surface area is 251 Å². The molecule has 1 aromatic carbocycles. The van der Waals surface area contributed by atoms with Crippen molar-refractivity contribution < 1.29 is 0 Å². The Morgan fingerprint density at radius 1 is 0.952 bits per heavy atom. The van der Waals surface area contributed by atoms with E-state index in [4.69, 9.17) is 9.97 Å². The third-order valence-corrected chi connectivity index (χ3v) is 9.47. The molecule has 0 bridgehead atoms.